The van der Waals surface area contributed by atoms with Gasteiger partial charge in [0.15, 0.2) is 0 Å². The van der Waals surface area contributed by atoms with Crippen molar-refractivity contribution in [1.29, 1.82) is 0 Å². The fourth-order valence-corrected chi connectivity index (χ4v) is 4.84. The predicted molar refractivity (Wildman–Crippen MR) is 155 cm³/mol. The Morgan fingerprint density at radius 1 is 1.16 bits per heavy atom. The minimum Gasteiger partial charge on any atom is -0.493 e. The number of nitrogens with two attached hydrogens (primary N) is 2. The summed E-state index contributed by atoms with van der Waals surface area (Å²) in [5.41, 5.74) is 14.3. The van der Waals surface area contributed by atoms with Crippen LogP contribution in [0.5, 0.6) is 11.6 Å². The highest BCUT2D eigenvalue weighted by Gasteiger charge is 2.45. The molecule has 0 unspecified atom stereocenters. The van der Waals surface area contributed by atoms with Crippen molar-refractivity contribution in [2.24, 2.45) is 11.5 Å². The number of aliphatic hydroxyl groups excluding tert-OH is 4. The summed E-state index contributed by atoms with van der Waals surface area (Å²) in [6.45, 7) is 5.93. The maximum atomic E-state index is 12.3. The number of hydrogen-bond acceptors (Lipinski definition) is 11. The summed E-state index contributed by atoms with van der Waals surface area (Å²) < 4.78 is 17.1. The average Bonchev–Trinajstić information content (AvgIpc) is 3.36. The molecule has 6 atom stereocenters. The van der Waals surface area contributed by atoms with E-state index in [4.69, 9.17) is 25.7 Å². The lowest BCUT2D eigenvalue weighted by atomic mass is 9.96. The smallest absolute Gasteiger partial charge is 0.239 e. The maximum Gasteiger partial charge on any atom is 0.239 e. The Hall–Kier alpha value is -3.27. The molecule has 0 spiro atoms. The number of primary amides is 1. The predicted octanol–water partition coefficient (Wildman–Crippen LogP) is -0.521. The van der Waals surface area contributed by atoms with Gasteiger partial charge in [-0.05, 0) is 61.9 Å². The molecule has 14 heteroatoms. The van der Waals surface area contributed by atoms with Crippen molar-refractivity contribution in [1.82, 2.24) is 15.5 Å². The van der Waals surface area contributed by atoms with E-state index in [0.717, 1.165) is 28.8 Å². The molecule has 1 aromatic heterocycles. The Bertz CT molecular complexity index is 1210. The van der Waals surface area contributed by atoms with Crippen molar-refractivity contribution in [3.05, 3.63) is 40.6 Å². The first-order chi connectivity index (χ1) is 20.5. The molecular formula is C29H45N5O9. The van der Waals surface area contributed by atoms with E-state index >= 15 is 0 Å². The number of rotatable bonds is 16. The van der Waals surface area contributed by atoms with Gasteiger partial charge in [0.1, 0.15) is 36.2 Å². The monoisotopic (exact) mass is 607 g/mol. The highest BCUT2D eigenvalue weighted by Crippen LogP contribution is 2.32. The van der Waals surface area contributed by atoms with Crippen LogP contribution in [0.15, 0.2) is 18.2 Å². The van der Waals surface area contributed by atoms with Gasteiger partial charge in [-0.2, -0.15) is 0 Å². The van der Waals surface area contributed by atoms with Crippen LogP contribution in [0.4, 0.5) is 0 Å². The van der Waals surface area contributed by atoms with Gasteiger partial charge in [-0.15, -0.1) is 5.10 Å². The maximum absolute atomic E-state index is 12.3. The Kier molecular flexibility index (Phi) is 12.7. The SMILES string of the molecule is Cc1cc(OCCC(=O)N[C@@H](CCCCN)C(N)=O)ccc1Cc1c(O[C@@H]2O[C@H](CO)[C@@H](O)[C@H](O)[C@H]2O)n[nH]c1C(C)C. The first-order valence-electron chi connectivity index (χ1n) is 14.5. The highest BCUT2D eigenvalue weighted by atomic mass is 16.7. The number of hydrogen-bond donors (Lipinski definition) is 8. The van der Waals surface area contributed by atoms with Crippen LogP contribution in [0.25, 0.3) is 0 Å². The van der Waals surface area contributed by atoms with Crippen LogP contribution in [0.1, 0.15) is 67.8 Å². The number of aliphatic hydroxyl groups is 4. The molecule has 0 bridgehead atoms. The number of nitrogens with one attached hydrogen (secondary N) is 2. The largest absolute Gasteiger partial charge is 0.493 e. The Labute approximate surface area is 250 Å². The summed E-state index contributed by atoms with van der Waals surface area (Å²) in [6, 6.07) is 4.78. The topological polar surface area (TPSA) is 235 Å². The second-order valence-corrected chi connectivity index (χ2v) is 11.1. The van der Waals surface area contributed by atoms with Crippen LogP contribution < -0.4 is 26.3 Å². The molecule has 1 aromatic carbocycles. The van der Waals surface area contributed by atoms with Crippen molar-refractivity contribution in [2.45, 2.75) is 95.5 Å². The van der Waals surface area contributed by atoms with Gasteiger partial charge in [-0.25, -0.2) is 0 Å². The molecule has 2 heterocycles. The average molecular weight is 608 g/mol. The Morgan fingerprint density at radius 3 is 2.53 bits per heavy atom. The third-order valence-corrected chi connectivity index (χ3v) is 7.42. The second-order valence-electron chi connectivity index (χ2n) is 11.1. The van der Waals surface area contributed by atoms with Crippen LogP contribution in [-0.2, 0) is 20.7 Å². The fraction of sp³-hybridized carbons (Fsp3) is 0.621. The Morgan fingerprint density at radius 2 is 1.91 bits per heavy atom. The summed E-state index contributed by atoms with van der Waals surface area (Å²) in [4.78, 5) is 24.0. The van der Waals surface area contributed by atoms with Crippen molar-refractivity contribution < 1.29 is 44.2 Å². The van der Waals surface area contributed by atoms with Gasteiger partial charge in [0.2, 0.25) is 24.0 Å². The molecule has 0 saturated carbocycles. The van der Waals surface area contributed by atoms with Crippen LogP contribution in [0.2, 0.25) is 0 Å². The van der Waals surface area contributed by atoms with E-state index in [1.54, 1.807) is 6.07 Å². The molecule has 14 nitrogen and oxygen atoms in total. The summed E-state index contributed by atoms with van der Waals surface area (Å²) in [5, 5.41) is 50.0. The van der Waals surface area contributed by atoms with Crippen LogP contribution >= 0.6 is 0 Å². The quantitative estimate of drug-likeness (QED) is 0.113. The van der Waals surface area contributed by atoms with E-state index in [2.05, 4.69) is 15.5 Å². The van der Waals surface area contributed by atoms with Gasteiger partial charge >= 0.3 is 0 Å². The number of aromatic nitrogens is 2. The first kappa shape index (κ1) is 34.2. The van der Waals surface area contributed by atoms with Crippen LogP contribution in [0, 0.1) is 6.92 Å². The van der Waals surface area contributed by atoms with Gasteiger partial charge < -0.3 is 51.4 Å². The number of ether oxygens (including phenoxy) is 3. The summed E-state index contributed by atoms with van der Waals surface area (Å²) in [6.07, 6.45) is -4.80. The lowest BCUT2D eigenvalue weighted by molar-refractivity contribution is -0.278. The lowest BCUT2D eigenvalue weighted by Crippen LogP contribution is -2.60. The normalized spacial score (nSPS) is 22.8. The molecule has 1 aliphatic rings. The number of benzene rings is 1. The van der Waals surface area contributed by atoms with E-state index in [9.17, 15) is 30.0 Å². The van der Waals surface area contributed by atoms with Gasteiger partial charge in [0.05, 0.1) is 19.6 Å². The third-order valence-electron chi connectivity index (χ3n) is 7.42. The van der Waals surface area contributed by atoms with E-state index in [0.29, 0.717) is 31.6 Å². The molecule has 1 fully saturated rings. The van der Waals surface area contributed by atoms with Crippen LogP contribution in [0.3, 0.4) is 0 Å². The number of aromatic amines is 1. The molecule has 10 N–H and O–H groups in total. The van der Waals surface area contributed by atoms with E-state index in [-0.39, 0.29) is 30.7 Å². The van der Waals surface area contributed by atoms with Gasteiger partial charge in [0.25, 0.3) is 0 Å². The lowest BCUT2D eigenvalue weighted by Gasteiger charge is -2.39. The second kappa shape index (κ2) is 16.0. The minimum absolute atomic E-state index is 0.0485. The molecule has 43 heavy (non-hydrogen) atoms. The molecule has 2 aromatic rings. The fourth-order valence-electron chi connectivity index (χ4n) is 4.84. The number of aryl methyl sites for hydroxylation is 1. The molecular weight excluding hydrogens is 562 g/mol. The summed E-state index contributed by atoms with van der Waals surface area (Å²) >= 11 is 0. The number of nitrogens with zero attached hydrogens (tertiary/aromatic N) is 1. The number of H-pyrrole nitrogens is 1. The van der Waals surface area contributed by atoms with E-state index in [1.807, 2.05) is 32.9 Å². The van der Waals surface area contributed by atoms with Gasteiger partial charge in [-0.1, -0.05) is 19.9 Å². The highest BCUT2D eigenvalue weighted by molar-refractivity contribution is 5.86. The molecule has 240 valence electrons. The molecule has 3 rings (SSSR count). The first-order valence-corrected chi connectivity index (χ1v) is 14.5. The molecule has 2 amide bonds. The molecule has 1 aliphatic heterocycles. The summed E-state index contributed by atoms with van der Waals surface area (Å²) in [5.74, 6) is -0.136. The standard InChI is InChI=1S/C29H45N5O9/c1-15(2)23-19(28(34-33-23)43-29-26(39)25(38)24(37)21(14-35)42-29)13-17-7-8-18(12-16(17)3)41-11-9-22(36)32-20(27(31)40)6-4-5-10-30/h7-8,12,15,20-21,24-26,29,35,37-39H,4-6,9-11,13-14,30H2,1-3H3,(H2,31,40)(H,32,36)(H,33,34)/t20-,21+,24+,25-,26+,29-/m0/s1. The molecule has 0 radical (unpaired) electrons. The number of amides is 2. The van der Waals surface area contributed by atoms with Gasteiger partial charge in [-0.3, -0.25) is 14.7 Å². The number of carbonyl (C=O) groups excluding carboxylic acids is 2. The number of unbranched alkanes of at least 4 members (excludes halogenated alkanes) is 1. The van der Waals surface area contributed by atoms with Gasteiger partial charge in [0, 0.05) is 17.7 Å². The number of carbonyl (C=O) groups is 2. The third kappa shape index (κ3) is 9.11. The van der Waals surface area contributed by atoms with E-state index < -0.39 is 49.3 Å². The minimum atomic E-state index is -1.57. The van der Waals surface area contributed by atoms with Crippen molar-refractivity contribution >= 4 is 11.8 Å². The zero-order valence-corrected chi connectivity index (χ0v) is 24.9. The van der Waals surface area contributed by atoms with Crippen molar-refractivity contribution in [3.8, 4) is 11.6 Å². The van der Waals surface area contributed by atoms with Crippen molar-refractivity contribution in [3.63, 3.8) is 0 Å². The zero-order chi connectivity index (χ0) is 31.7. The van der Waals surface area contributed by atoms with Crippen LogP contribution in [-0.4, -0.2) is 98.9 Å². The van der Waals surface area contributed by atoms with E-state index in [1.165, 1.54) is 0 Å². The molecule has 0 aliphatic carbocycles. The Balaban J connectivity index is 1.64. The zero-order valence-electron chi connectivity index (χ0n) is 24.9. The summed E-state index contributed by atoms with van der Waals surface area (Å²) in [7, 11) is 0. The molecule has 1 saturated heterocycles. The van der Waals surface area contributed by atoms with Crippen molar-refractivity contribution in [2.75, 3.05) is 19.8 Å².